The summed E-state index contributed by atoms with van der Waals surface area (Å²) in [6.07, 6.45) is 2.35. The first-order valence-electron chi connectivity index (χ1n) is 6.27. The molecule has 2 heterocycles. The van der Waals surface area contributed by atoms with E-state index in [1.54, 1.807) is 6.07 Å². The lowest BCUT2D eigenvalue weighted by Gasteiger charge is -2.30. The van der Waals surface area contributed by atoms with Gasteiger partial charge in [-0.25, -0.2) is 0 Å². The van der Waals surface area contributed by atoms with Crippen molar-refractivity contribution in [2.45, 2.75) is 31.7 Å². The maximum absolute atomic E-state index is 11.9. The number of piperidine rings is 1. The molecule has 1 aliphatic rings. The van der Waals surface area contributed by atoms with Gasteiger partial charge < -0.3 is 10.6 Å². The number of hydrogen-bond acceptors (Lipinski definition) is 4. The zero-order valence-corrected chi connectivity index (χ0v) is 11.1. The minimum Gasteiger partial charge on any atom is -0.343 e. The highest BCUT2D eigenvalue weighted by Gasteiger charge is 2.21. The number of rotatable bonds is 4. The van der Waals surface area contributed by atoms with Gasteiger partial charge in [0.05, 0.1) is 4.88 Å². The molecule has 0 aliphatic carbocycles. The molecule has 1 amide bonds. The summed E-state index contributed by atoms with van der Waals surface area (Å²) in [6.45, 7) is 1.46. The van der Waals surface area contributed by atoms with E-state index in [9.17, 15) is 9.59 Å². The van der Waals surface area contributed by atoms with E-state index in [1.165, 1.54) is 11.3 Å². The zero-order chi connectivity index (χ0) is 13.0. The van der Waals surface area contributed by atoms with Crippen LogP contribution in [0.2, 0.25) is 0 Å². The van der Waals surface area contributed by atoms with Crippen LogP contribution in [0.4, 0.5) is 0 Å². The summed E-state index contributed by atoms with van der Waals surface area (Å²) in [5.41, 5.74) is 5.79. The smallest absolute Gasteiger partial charge is 0.223 e. The number of thiophene rings is 1. The van der Waals surface area contributed by atoms with Crippen molar-refractivity contribution >= 4 is 23.0 Å². The number of likely N-dealkylation sites (tertiary alicyclic amines) is 1. The Morgan fingerprint density at radius 2 is 2.06 bits per heavy atom. The Hall–Kier alpha value is -1.20. The third-order valence-corrected chi connectivity index (χ3v) is 4.17. The Labute approximate surface area is 111 Å². The van der Waals surface area contributed by atoms with Gasteiger partial charge in [0.2, 0.25) is 5.91 Å². The molecule has 5 heteroatoms. The Bertz CT molecular complexity index is 409. The summed E-state index contributed by atoms with van der Waals surface area (Å²) in [7, 11) is 0. The first-order chi connectivity index (χ1) is 8.66. The average Bonchev–Trinajstić information content (AvgIpc) is 2.90. The number of ketones is 1. The van der Waals surface area contributed by atoms with E-state index in [4.69, 9.17) is 5.73 Å². The molecular weight excluding hydrogens is 248 g/mol. The second-order valence-corrected chi connectivity index (χ2v) is 5.57. The van der Waals surface area contributed by atoms with Gasteiger partial charge in [0.25, 0.3) is 0 Å². The number of carbonyl (C=O) groups excluding carboxylic acids is 2. The van der Waals surface area contributed by atoms with E-state index >= 15 is 0 Å². The van der Waals surface area contributed by atoms with Crippen LogP contribution in [0.15, 0.2) is 17.5 Å². The van der Waals surface area contributed by atoms with Crippen molar-refractivity contribution in [3.8, 4) is 0 Å². The lowest BCUT2D eigenvalue weighted by atomic mass is 10.1. The van der Waals surface area contributed by atoms with Crippen LogP contribution in [-0.2, 0) is 4.79 Å². The lowest BCUT2D eigenvalue weighted by Crippen LogP contribution is -2.42. The molecule has 0 radical (unpaired) electrons. The molecular formula is C13H18N2O2S. The monoisotopic (exact) mass is 266 g/mol. The molecule has 0 unspecified atom stereocenters. The van der Waals surface area contributed by atoms with Gasteiger partial charge >= 0.3 is 0 Å². The Morgan fingerprint density at radius 3 is 2.67 bits per heavy atom. The van der Waals surface area contributed by atoms with Crippen LogP contribution >= 0.6 is 11.3 Å². The number of carbonyl (C=O) groups is 2. The van der Waals surface area contributed by atoms with E-state index in [0.29, 0.717) is 12.8 Å². The molecule has 0 spiro atoms. The van der Waals surface area contributed by atoms with Crippen molar-refractivity contribution in [1.29, 1.82) is 0 Å². The minimum atomic E-state index is 0.0621. The van der Waals surface area contributed by atoms with Gasteiger partial charge in [-0.15, -0.1) is 11.3 Å². The fourth-order valence-electron chi connectivity index (χ4n) is 2.09. The van der Waals surface area contributed by atoms with Crippen molar-refractivity contribution in [1.82, 2.24) is 4.90 Å². The SMILES string of the molecule is NC1CCN(C(=O)CCC(=O)c2cccs2)CC1. The van der Waals surface area contributed by atoms with Crippen molar-refractivity contribution < 1.29 is 9.59 Å². The highest BCUT2D eigenvalue weighted by Crippen LogP contribution is 2.14. The zero-order valence-electron chi connectivity index (χ0n) is 10.3. The van der Waals surface area contributed by atoms with Crippen LogP contribution in [0.1, 0.15) is 35.4 Å². The maximum atomic E-state index is 11.9. The molecule has 2 rings (SSSR count). The number of Topliss-reactive ketones (excluding diaryl/α,β-unsaturated/α-hetero) is 1. The van der Waals surface area contributed by atoms with Crippen molar-refractivity contribution in [3.05, 3.63) is 22.4 Å². The predicted molar refractivity (Wildman–Crippen MR) is 71.7 cm³/mol. The predicted octanol–water partition coefficient (Wildman–Crippen LogP) is 1.66. The van der Waals surface area contributed by atoms with Crippen LogP contribution < -0.4 is 5.73 Å². The summed E-state index contributed by atoms with van der Waals surface area (Å²) >= 11 is 1.43. The number of hydrogen-bond donors (Lipinski definition) is 1. The molecule has 4 nitrogen and oxygen atoms in total. The fourth-order valence-corrected chi connectivity index (χ4v) is 2.78. The summed E-state index contributed by atoms with van der Waals surface area (Å²) < 4.78 is 0. The molecule has 1 fully saturated rings. The molecule has 98 valence electrons. The van der Waals surface area contributed by atoms with E-state index < -0.39 is 0 Å². The van der Waals surface area contributed by atoms with Gasteiger partial charge in [-0.2, -0.15) is 0 Å². The standard InChI is InChI=1S/C13H18N2O2S/c14-10-5-7-15(8-6-10)13(17)4-3-11(16)12-2-1-9-18-12/h1-2,9-10H,3-8,14H2. The van der Waals surface area contributed by atoms with Gasteiger partial charge in [0, 0.05) is 32.0 Å². The summed E-state index contributed by atoms with van der Waals surface area (Å²) in [4.78, 5) is 26.2. The van der Waals surface area contributed by atoms with Crippen LogP contribution in [0.3, 0.4) is 0 Å². The Morgan fingerprint density at radius 1 is 1.33 bits per heavy atom. The third kappa shape index (κ3) is 3.40. The van der Waals surface area contributed by atoms with Crippen molar-refractivity contribution in [2.75, 3.05) is 13.1 Å². The molecule has 0 aromatic carbocycles. The Balaban J connectivity index is 1.76. The lowest BCUT2D eigenvalue weighted by molar-refractivity contribution is -0.132. The van der Waals surface area contributed by atoms with Gasteiger partial charge in [0.1, 0.15) is 0 Å². The molecule has 2 N–H and O–H groups in total. The summed E-state index contributed by atoms with van der Waals surface area (Å²) in [6, 6.07) is 3.88. The molecule has 0 saturated carbocycles. The molecule has 18 heavy (non-hydrogen) atoms. The minimum absolute atomic E-state index is 0.0621. The van der Waals surface area contributed by atoms with Gasteiger partial charge in [-0.05, 0) is 24.3 Å². The number of nitrogens with two attached hydrogens (primary N) is 1. The van der Waals surface area contributed by atoms with E-state index in [2.05, 4.69) is 0 Å². The molecule has 0 bridgehead atoms. The highest BCUT2D eigenvalue weighted by atomic mass is 32.1. The summed E-state index contributed by atoms with van der Waals surface area (Å²) in [5, 5.41) is 1.88. The normalized spacial score (nSPS) is 16.8. The van der Waals surface area contributed by atoms with Crippen LogP contribution in [0.5, 0.6) is 0 Å². The molecule has 1 saturated heterocycles. The molecule has 1 aromatic rings. The fraction of sp³-hybridized carbons (Fsp3) is 0.538. The van der Waals surface area contributed by atoms with Crippen LogP contribution in [0, 0.1) is 0 Å². The van der Waals surface area contributed by atoms with Gasteiger partial charge in [-0.3, -0.25) is 9.59 Å². The van der Waals surface area contributed by atoms with E-state index in [0.717, 1.165) is 30.8 Å². The van der Waals surface area contributed by atoms with E-state index in [-0.39, 0.29) is 17.7 Å². The average molecular weight is 266 g/mol. The largest absolute Gasteiger partial charge is 0.343 e. The van der Waals surface area contributed by atoms with Crippen molar-refractivity contribution in [2.24, 2.45) is 5.73 Å². The van der Waals surface area contributed by atoms with Crippen LogP contribution in [0.25, 0.3) is 0 Å². The third-order valence-electron chi connectivity index (χ3n) is 3.25. The van der Waals surface area contributed by atoms with Crippen LogP contribution in [-0.4, -0.2) is 35.7 Å². The first kappa shape index (κ1) is 13.2. The number of nitrogens with zero attached hydrogens (tertiary/aromatic N) is 1. The molecule has 0 atom stereocenters. The molecule has 1 aliphatic heterocycles. The topological polar surface area (TPSA) is 63.4 Å². The number of amides is 1. The van der Waals surface area contributed by atoms with E-state index in [1.807, 2.05) is 16.3 Å². The Kier molecular flexibility index (Phi) is 4.49. The first-order valence-corrected chi connectivity index (χ1v) is 7.15. The second-order valence-electron chi connectivity index (χ2n) is 4.62. The van der Waals surface area contributed by atoms with Gasteiger partial charge in [-0.1, -0.05) is 6.07 Å². The summed E-state index contributed by atoms with van der Waals surface area (Å²) in [5.74, 6) is 0.138. The maximum Gasteiger partial charge on any atom is 0.223 e. The second kappa shape index (κ2) is 6.11. The quantitative estimate of drug-likeness (QED) is 0.843. The van der Waals surface area contributed by atoms with Gasteiger partial charge in [0.15, 0.2) is 5.78 Å². The van der Waals surface area contributed by atoms with Crippen molar-refractivity contribution in [3.63, 3.8) is 0 Å². The highest BCUT2D eigenvalue weighted by molar-refractivity contribution is 7.12. The molecule has 1 aromatic heterocycles.